The van der Waals surface area contributed by atoms with Crippen LogP contribution in [0.4, 0.5) is 0 Å². The molecule has 0 aliphatic heterocycles. The van der Waals surface area contributed by atoms with Crippen LogP contribution in [0.2, 0.25) is 0 Å². The van der Waals surface area contributed by atoms with Crippen LogP contribution in [0.5, 0.6) is 5.75 Å². The molecule has 124 valence electrons. The predicted octanol–water partition coefficient (Wildman–Crippen LogP) is 6.20. The van der Waals surface area contributed by atoms with E-state index in [1.54, 1.807) is 0 Å². The highest BCUT2D eigenvalue weighted by Gasteiger charge is 2.33. The molecular weight excluding hydrogens is 292 g/mol. The Bertz CT molecular complexity index is 723. The molecule has 0 spiro atoms. The van der Waals surface area contributed by atoms with Crippen molar-refractivity contribution in [2.45, 2.75) is 45.1 Å². The first-order valence-electron chi connectivity index (χ1n) is 9.23. The molecule has 2 aromatic rings. The Balaban J connectivity index is 1.65. The third-order valence-electron chi connectivity index (χ3n) is 5.51. The molecule has 0 bridgehead atoms. The van der Waals surface area contributed by atoms with Crippen LogP contribution < -0.4 is 4.74 Å². The predicted molar refractivity (Wildman–Crippen MR) is 100 cm³/mol. The number of benzene rings is 2. The lowest BCUT2D eigenvalue weighted by atomic mass is 9.90. The van der Waals surface area contributed by atoms with Crippen molar-refractivity contribution in [3.8, 4) is 5.75 Å². The van der Waals surface area contributed by atoms with Crippen LogP contribution in [0.1, 0.15) is 55.2 Å². The van der Waals surface area contributed by atoms with Gasteiger partial charge in [-0.05, 0) is 60.1 Å². The zero-order valence-corrected chi connectivity index (χ0v) is 14.5. The van der Waals surface area contributed by atoms with Crippen molar-refractivity contribution in [1.82, 2.24) is 0 Å². The SMILES string of the molecule is C=C(c1cccc(C(C)C2CC2)c1OCc1ccccc1)C1CC1. The van der Waals surface area contributed by atoms with Crippen molar-refractivity contribution in [2.75, 3.05) is 0 Å². The second kappa shape index (κ2) is 6.47. The van der Waals surface area contributed by atoms with E-state index < -0.39 is 0 Å². The van der Waals surface area contributed by atoms with Gasteiger partial charge in [0.2, 0.25) is 0 Å². The number of allylic oxidation sites excluding steroid dienone is 1. The molecule has 2 aliphatic carbocycles. The first-order valence-corrected chi connectivity index (χ1v) is 9.23. The lowest BCUT2D eigenvalue weighted by molar-refractivity contribution is 0.299. The molecule has 1 unspecified atom stereocenters. The van der Waals surface area contributed by atoms with Gasteiger partial charge >= 0.3 is 0 Å². The number of ether oxygens (including phenoxy) is 1. The van der Waals surface area contributed by atoms with Crippen LogP contribution >= 0.6 is 0 Å². The van der Waals surface area contributed by atoms with Gasteiger partial charge in [0.1, 0.15) is 12.4 Å². The highest BCUT2D eigenvalue weighted by Crippen LogP contribution is 2.49. The summed E-state index contributed by atoms with van der Waals surface area (Å²) in [5, 5.41) is 0. The fraction of sp³-hybridized carbons (Fsp3) is 0.391. The largest absolute Gasteiger partial charge is 0.488 e. The van der Waals surface area contributed by atoms with Gasteiger partial charge < -0.3 is 4.74 Å². The summed E-state index contributed by atoms with van der Waals surface area (Å²) in [6.07, 6.45) is 5.26. The Morgan fingerprint density at radius 1 is 1.04 bits per heavy atom. The number of rotatable bonds is 7. The summed E-state index contributed by atoms with van der Waals surface area (Å²) in [5.41, 5.74) is 5.09. The minimum Gasteiger partial charge on any atom is -0.488 e. The van der Waals surface area contributed by atoms with Gasteiger partial charge in [0.05, 0.1) is 0 Å². The molecule has 1 heteroatoms. The Morgan fingerprint density at radius 2 is 1.79 bits per heavy atom. The van der Waals surface area contributed by atoms with Crippen molar-refractivity contribution in [1.29, 1.82) is 0 Å². The van der Waals surface area contributed by atoms with E-state index in [0.717, 1.165) is 11.7 Å². The summed E-state index contributed by atoms with van der Waals surface area (Å²) in [6.45, 7) is 7.36. The molecule has 0 aromatic heterocycles. The molecule has 2 aliphatic rings. The Morgan fingerprint density at radius 3 is 2.46 bits per heavy atom. The molecule has 4 rings (SSSR count). The highest BCUT2D eigenvalue weighted by atomic mass is 16.5. The lowest BCUT2D eigenvalue weighted by Crippen LogP contribution is -2.05. The van der Waals surface area contributed by atoms with Crippen molar-refractivity contribution in [2.24, 2.45) is 11.8 Å². The molecule has 0 amide bonds. The summed E-state index contributed by atoms with van der Waals surface area (Å²) in [5.74, 6) is 3.14. The molecule has 1 nitrogen and oxygen atoms in total. The molecule has 1 atom stereocenters. The normalized spacial score (nSPS) is 18.2. The average Bonchev–Trinajstić information content (AvgIpc) is 3.51. The van der Waals surface area contributed by atoms with E-state index in [0.29, 0.717) is 18.4 Å². The van der Waals surface area contributed by atoms with Crippen LogP contribution in [0.15, 0.2) is 55.1 Å². The van der Waals surface area contributed by atoms with Crippen LogP contribution in [-0.2, 0) is 6.61 Å². The zero-order valence-electron chi connectivity index (χ0n) is 14.5. The van der Waals surface area contributed by atoms with E-state index in [1.807, 2.05) is 6.07 Å². The fourth-order valence-corrected chi connectivity index (χ4v) is 3.56. The molecule has 2 saturated carbocycles. The summed E-state index contributed by atoms with van der Waals surface area (Å²) < 4.78 is 6.39. The molecule has 2 fully saturated rings. The third kappa shape index (κ3) is 3.26. The monoisotopic (exact) mass is 318 g/mol. The van der Waals surface area contributed by atoms with Gasteiger partial charge in [-0.3, -0.25) is 0 Å². The van der Waals surface area contributed by atoms with Gasteiger partial charge in [0, 0.05) is 5.56 Å². The van der Waals surface area contributed by atoms with Crippen LogP contribution in [-0.4, -0.2) is 0 Å². The van der Waals surface area contributed by atoms with Gasteiger partial charge in [0.15, 0.2) is 0 Å². The lowest BCUT2D eigenvalue weighted by Gasteiger charge is -2.21. The molecule has 24 heavy (non-hydrogen) atoms. The molecule has 2 aromatic carbocycles. The minimum atomic E-state index is 0.572. The van der Waals surface area contributed by atoms with Crippen molar-refractivity contribution in [3.05, 3.63) is 71.8 Å². The molecule has 0 saturated heterocycles. The summed E-state index contributed by atoms with van der Waals surface area (Å²) in [6, 6.07) is 17.1. The molecule has 0 heterocycles. The minimum absolute atomic E-state index is 0.572. The van der Waals surface area contributed by atoms with Gasteiger partial charge in [-0.25, -0.2) is 0 Å². The zero-order chi connectivity index (χ0) is 16.5. The summed E-state index contributed by atoms with van der Waals surface area (Å²) in [4.78, 5) is 0. The molecular formula is C23H26O. The number of para-hydroxylation sites is 1. The average molecular weight is 318 g/mol. The van der Waals surface area contributed by atoms with E-state index in [9.17, 15) is 0 Å². The second-order valence-corrected chi connectivity index (χ2v) is 7.42. The fourth-order valence-electron chi connectivity index (χ4n) is 3.56. The Hall–Kier alpha value is -2.02. The van der Waals surface area contributed by atoms with Crippen LogP contribution in [0, 0.1) is 11.8 Å². The van der Waals surface area contributed by atoms with E-state index in [2.05, 4.69) is 56.0 Å². The molecule has 0 N–H and O–H groups in total. The van der Waals surface area contributed by atoms with E-state index in [1.165, 1.54) is 47.9 Å². The maximum atomic E-state index is 6.39. The van der Waals surface area contributed by atoms with Gasteiger partial charge in [-0.1, -0.05) is 62.0 Å². The standard InChI is InChI=1S/C23H26O/c1-16(19-11-12-19)21-9-6-10-22(17(2)20-13-14-20)23(21)24-15-18-7-4-3-5-8-18/h3-10,17,19-20H,1,11-15H2,2H3. The number of hydrogen-bond acceptors (Lipinski definition) is 1. The number of hydrogen-bond donors (Lipinski definition) is 0. The Labute approximate surface area is 145 Å². The third-order valence-corrected chi connectivity index (χ3v) is 5.51. The van der Waals surface area contributed by atoms with Crippen molar-refractivity contribution < 1.29 is 4.74 Å². The van der Waals surface area contributed by atoms with Crippen molar-refractivity contribution in [3.63, 3.8) is 0 Å². The Kier molecular flexibility index (Phi) is 4.18. The summed E-state index contributed by atoms with van der Waals surface area (Å²) in [7, 11) is 0. The summed E-state index contributed by atoms with van der Waals surface area (Å²) >= 11 is 0. The van der Waals surface area contributed by atoms with Crippen molar-refractivity contribution >= 4 is 5.57 Å². The van der Waals surface area contributed by atoms with E-state index in [4.69, 9.17) is 4.74 Å². The van der Waals surface area contributed by atoms with E-state index in [-0.39, 0.29) is 0 Å². The van der Waals surface area contributed by atoms with Crippen LogP contribution in [0.3, 0.4) is 0 Å². The maximum absolute atomic E-state index is 6.39. The smallest absolute Gasteiger partial charge is 0.130 e. The van der Waals surface area contributed by atoms with Gasteiger partial charge in [-0.2, -0.15) is 0 Å². The maximum Gasteiger partial charge on any atom is 0.130 e. The van der Waals surface area contributed by atoms with Gasteiger partial charge in [0.25, 0.3) is 0 Å². The second-order valence-electron chi connectivity index (χ2n) is 7.42. The first kappa shape index (κ1) is 15.5. The highest BCUT2D eigenvalue weighted by molar-refractivity contribution is 5.73. The van der Waals surface area contributed by atoms with Crippen LogP contribution in [0.25, 0.3) is 5.57 Å². The van der Waals surface area contributed by atoms with E-state index >= 15 is 0 Å². The topological polar surface area (TPSA) is 9.23 Å². The van der Waals surface area contributed by atoms with Gasteiger partial charge in [-0.15, -0.1) is 0 Å². The first-order chi connectivity index (χ1) is 11.7. The molecule has 0 radical (unpaired) electrons. The quantitative estimate of drug-likeness (QED) is 0.590.